The van der Waals surface area contributed by atoms with E-state index in [4.69, 9.17) is 11.5 Å². The molecule has 4 bridgehead atoms. The summed E-state index contributed by atoms with van der Waals surface area (Å²) in [4.78, 5) is 2.21. The monoisotopic (exact) mass is 242 g/mol. The molecule has 17 heavy (non-hydrogen) atoms. The van der Waals surface area contributed by atoms with Crippen LogP contribution in [0.5, 0.6) is 0 Å². The number of nitrogens with two attached hydrogens (primary N) is 2. The van der Waals surface area contributed by atoms with Gasteiger partial charge in [0.15, 0.2) is 0 Å². The maximum atomic E-state index is 6.18. The lowest BCUT2D eigenvalue weighted by Crippen LogP contribution is -1.99. The number of fused-ring (bicyclic) bond motifs is 4. The normalized spacial score (nSPS) is 13.6. The average Bonchev–Trinajstić information content (AvgIpc) is 2.36. The van der Waals surface area contributed by atoms with Crippen molar-refractivity contribution in [2.75, 3.05) is 11.5 Å². The van der Waals surface area contributed by atoms with Crippen LogP contribution >= 0.6 is 11.8 Å². The average molecular weight is 242 g/mol. The van der Waals surface area contributed by atoms with Crippen molar-refractivity contribution < 1.29 is 0 Å². The largest absolute Gasteiger partial charge is 0.398 e. The minimum atomic E-state index is 0.902. The van der Waals surface area contributed by atoms with Gasteiger partial charge in [-0.1, -0.05) is 36.0 Å². The first-order valence-electron chi connectivity index (χ1n) is 5.68. The van der Waals surface area contributed by atoms with Crippen LogP contribution in [0, 0.1) is 0 Å². The molecule has 0 aromatic heterocycles. The molecule has 4 N–H and O–H groups in total. The fourth-order valence-electron chi connectivity index (χ4n) is 2.18. The number of nitrogen functional groups attached to an aromatic ring is 2. The van der Waals surface area contributed by atoms with Crippen molar-refractivity contribution in [3.8, 4) is 0 Å². The zero-order valence-electron chi connectivity index (χ0n) is 9.44. The lowest BCUT2D eigenvalue weighted by atomic mass is 10.0. The van der Waals surface area contributed by atoms with Crippen molar-refractivity contribution in [3.63, 3.8) is 0 Å². The second-order valence-corrected chi connectivity index (χ2v) is 5.34. The molecule has 1 aliphatic rings. The molecule has 0 radical (unpaired) electrons. The van der Waals surface area contributed by atoms with Gasteiger partial charge < -0.3 is 11.5 Å². The number of rotatable bonds is 0. The molecule has 0 atom stereocenters. The quantitative estimate of drug-likeness (QED) is 0.698. The lowest BCUT2D eigenvalue weighted by Gasteiger charge is -2.09. The summed E-state index contributed by atoms with van der Waals surface area (Å²) in [6.07, 6.45) is 1.90. The molecule has 2 nitrogen and oxygen atoms in total. The highest BCUT2D eigenvalue weighted by molar-refractivity contribution is 7.99. The summed E-state index contributed by atoms with van der Waals surface area (Å²) in [5, 5.41) is 0. The van der Waals surface area contributed by atoms with Crippen LogP contribution < -0.4 is 11.5 Å². The fourth-order valence-corrected chi connectivity index (χ4v) is 3.19. The second kappa shape index (κ2) is 4.00. The first-order chi connectivity index (χ1) is 8.25. The van der Waals surface area contributed by atoms with Gasteiger partial charge in [0.25, 0.3) is 0 Å². The minimum Gasteiger partial charge on any atom is -0.398 e. The number of benzene rings is 2. The van der Waals surface area contributed by atoms with Gasteiger partial charge in [-0.3, -0.25) is 0 Å². The Bertz CT molecular complexity index is 527. The van der Waals surface area contributed by atoms with Crippen LogP contribution in [-0.2, 0) is 12.8 Å². The predicted molar refractivity (Wildman–Crippen MR) is 73.2 cm³/mol. The van der Waals surface area contributed by atoms with Gasteiger partial charge in [0.05, 0.1) is 0 Å². The van der Waals surface area contributed by atoms with Crippen molar-refractivity contribution in [2.24, 2.45) is 0 Å². The summed E-state index contributed by atoms with van der Waals surface area (Å²) in [5.74, 6) is 0. The van der Waals surface area contributed by atoms with Crippen molar-refractivity contribution >= 4 is 23.1 Å². The first kappa shape index (κ1) is 10.5. The Kier molecular flexibility index (Phi) is 2.48. The minimum absolute atomic E-state index is 0.902. The van der Waals surface area contributed by atoms with Gasteiger partial charge >= 0.3 is 0 Å². The Balaban J connectivity index is 2.19. The summed E-state index contributed by atoms with van der Waals surface area (Å²) in [6.45, 7) is 0. The van der Waals surface area contributed by atoms with Crippen LogP contribution in [0.2, 0.25) is 0 Å². The third kappa shape index (κ3) is 1.76. The zero-order valence-corrected chi connectivity index (χ0v) is 10.3. The van der Waals surface area contributed by atoms with E-state index < -0.39 is 0 Å². The Morgan fingerprint density at radius 1 is 0.765 bits per heavy atom. The smallest absolute Gasteiger partial charge is 0.0488 e. The van der Waals surface area contributed by atoms with Gasteiger partial charge in [-0.05, 0) is 36.1 Å². The van der Waals surface area contributed by atoms with Crippen LogP contribution in [0.25, 0.3) is 0 Å². The molecule has 0 saturated heterocycles. The Morgan fingerprint density at radius 3 is 1.71 bits per heavy atom. The van der Waals surface area contributed by atoms with Gasteiger partial charge in [0.2, 0.25) is 0 Å². The van der Waals surface area contributed by atoms with E-state index in [1.165, 1.54) is 11.1 Å². The maximum Gasteiger partial charge on any atom is 0.0488 e. The standard InChI is InChI=1S/C14H14N2S/c15-13-9-3-1-5-11(13)17-12-6-2-4-10(8-7-9)14(12)16/h1-6H,7-8,15-16H2. The molecule has 1 heterocycles. The third-order valence-corrected chi connectivity index (χ3v) is 4.35. The van der Waals surface area contributed by atoms with Gasteiger partial charge in [-0.25, -0.2) is 0 Å². The highest BCUT2D eigenvalue weighted by Crippen LogP contribution is 2.39. The van der Waals surface area contributed by atoms with Crippen LogP contribution in [0.4, 0.5) is 11.4 Å². The SMILES string of the molecule is Nc1c2cccc1Sc1cccc(c1N)CC2. The zero-order chi connectivity index (χ0) is 11.8. The number of anilines is 2. The van der Waals surface area contributed by atoms with Gasteiger partial charge in [-0.15, -0.1) is 0 Å². The number of hydrogen-bond donors (Lipinski definition) is 2. The molecule has 0 fully saturated rings. The van der Waals surface area contributed by atoms with Crippen molar-refractivity contribution in [2.45, 2.75) is 22.6 Å². The predicted octanol–water partition coefficient (Wildman–Crippen LogP) is 3.10. The molecule has 0 amide bonds. The Morgan fingerprint density at radius 2 is 1.24 bits per heavy atom. The molecule has 0 spiro atoms. The van der Waals surface area contributed by atoms with Crippen molar-refractivity contribution in [1.29, 1.82) is 0 Å². The van der Waals surface area contributed by atoms with E-state index in [0.29, 0.717) is 0 Å². The molecule has 3 heteroatoms. The Hall–Kier alpha value is -1.61. The highest BCUT2D eigenvalue weighted by Gasteiger charge is 2.13. The van der Waals surface area contributed by atoms with E-state index >= 15 is 0 Å². The van der Waals surface area contributed by atoms with Crippen LogP contribution in [0.15, 0.2) is 46.2 Å². The number of hydrogen-bond acceptors (Lipinski definition) is 3. The van der Waals surface area contributed by atoms with Crippen molar-refractivity contribution in [1.82, 2.24) is 0 Å². The van der Waals surface area contributed by atoms with Gasteiger partial charge in [0.1, 0.15) is 0 Å². The Labute approximate surface area is 105 Å². The molecule has 2 aromatic rings. The van der Waals surface area contributed by atoms with E-state index in [2.05, 4.69) is 36.4 Å². The van der Waals surface area contributed by atoms with E-state index in [1.54, 1.807) is 11.8 Å². The van der Waals surface area contributed by atoms with Gasteiger partial charge in [0, 0.05) is 21.2 Å². The molecule has 2 aromatic carbocycles. The molecule has 3 rings (SSSR count). The molecule has 0 saturated carbocycles. The lowest BCUT2D eigenvalue weighted by molar-refractivity contribution is 0.960. The number of aryl methyl sites for hydroxylation is 2. The molecule has 1 aliphatic heterocycles. The molecule has 86 valence electrons. The molecule has 0 aliphatic carbocycles. The topological polar surface area (TPSA) is 52.0 Å². The number of para-hydroxylation sites is 2. The van der Waals surface area contributed by atoms with E-state index in [1.807, 2.05) is 0 Å². The van der Waals surface area contributed by atoms with Crippen molar-refractivity contribution in [3.05, 3.63) is 47.5 Å². The first-order valence-corrected chi connectivity index (χ1v) is 6.50. The summed E-state index contributed by atoms with van der Waals surface area (Å²) in [5.41, 5.74) is 16.6. The van der Waals surface area contributed by atoms with Crippen LogP contribution in [0.3, 0.4) is 0 Å². The van der Waals surface area contributed by atoms with Crippen LogP contribution in [0.1, 0.15) is 11.1 Å². The summed E-state index contributed by atoms with van der Waals surface area (Å²) in [6, 6.07) is 12.4. The van der Waals surface area contributed by atoms with E-state index in [0.717, 1.165) is 34.0 Å². The maximum absolute atomic E-state index is 6.18. The molecular formula is C14H14N2S. The summed E-state index contributed by atoms with van der Waals surface area (Å²) < 4.78 is 0. The highest BCUT2D eigenvalue weighted by atomic mass is 32.2. The second-order valence-electron chi connectivity index (χ2n) is 4.26. The van der Waals surface area contributed by atoms with E-state index in [9.17, 15) is 0 Å². The third-order valence-electron chi connectivity index (χ3n) is 3.20. The fraction of sp³-hybridized carbons (Fsp3) is 0.143. The molecular weight excluding hydrogens is 228 g/mol. The van der Waals surface area contributed by atoms with Crippen LogP contribution in [-0.4, -0.2) is 0 Å². The van der Waals surface area contributed by atoms with Gasteiger partial charge in [-0.2, -0.15) is 0 Å². The molecule has 0 unspecified atom stereocenters. The summed E-state index contributed by atoms with van der Waals surface area (Å²) >= 11 is 1.66. The summed E-state index contributed by atoms with van der Waals surface area (Å²) in [7, 11) is 0. The van der Waals surface area contributed by atoms with E-state index in [-0.39, 0.29) is 0 Å².